The van der Waals surface area contributed by atoms with Crippen molar-refractivity contribution in [2.24, 2.45) is 5.92 Å². The summed E-state index contributed by atoms with van der Waals surface area (Å²) in [5, 5.41) is 3.66. The molecule has 88 valence electrons. The molecule has 1 heterocycles. The molecule has 0 spiro atoms. The molecule has 3 unspecified atom stereocenters. The molecule has 2 rings (SSSR count). The largest absolute Gasteiger partial charge is 0.491 e. The van der Waals surface area contributed by atoms with Crippen LogP contribution in [-0.2, 0) is 0 Å². The van der Waals surface area contributed by atoms with Crippen LogP contribution in [-0.4, -0.2) is 12.6 Å². The van der Waals surface area contributed by atoms with Gasteiger partial charge >= 0.3 is 0 Å². The molecule has 1 aromatic rings. The van der Waals surface area contributed by atoms with Crippen molar-refractivity contribution >= 4 is 0 Å². The zero-order valence-corrected chi connectivity index (χ0v) is 10.4. The first-order valence-corrected chi connectivity index (χ1v) is 6.20. The van der Waals surface area contributed by atoms with Crippen molar-refractivity contribution in [1.29, 1.82) is 0 Å². The maximum atomic E-state index is 5.66. The van der Waals surface area contributed by atoms with Crippen molar-refractivity contribution in [1.82, 2.24) is 5.32 Å². The highest BCUT2D eigenvalue weighted by atomic mass is 16.5. The summed E-state index contributed by atoms with van der Waals surface area (Å²) in [4.78, 5) is 0. The average Bonchev–Trinajstić information content (AvgIpc) is 2.72. The van der Waals surface area contributed by atoms with E-state index in [0.717, 1.165) is 12.4 Å². The Morgan fingerprint density at radius 1 is 1.38 bits per heavy atom. The number of hydrogen-bond donors (Lipinski definition) is 1. The predicted molar refractivity (Wildman–Crippen MR) is 66.7 cm³/mol. The average molecular weight is 219 g/mol. The molecule has 2 nitrogen and oxygen atoms in total. The molecule has 0 radical (unpaired) electrons. The normalized spacial score (nSPS) is 22.3. The molecule has 1 N–H and O–H groups in total. The summed E-state index contributed by atoms with van der Waals surface area (Å²) >= 11 is 0. The van der Waals surface area contributed by atoms with Gasteiger partial charge in [-0.25, -0.2) is 0 Å². The van der Waals surface area contributed by atoms with Gasteiger partial charge in [0.15, 0.2) is 0 Å². The third-order valence-corrected chi connectivity index (χ3v) is 3.66. The van der Waals surface area contributed by atoms with E-state index in [1.54, 1.807) is 0 Å². The SMILES string of the molecule is CCC(C)C(C)NC1COc2ccccc21. The van der Waals surface area contributed by atoms with Gasteiger partial charge in [-0.15, -0.1) is 0 Å². The van der Waals surface area contributed by atoms with Crippen LogP contribution in [0.2, 0.25) is 0 Å². The quantitative estimate of drug-likeness (QED) is 0.840. The smallest absolute Gasteiger partial charge is 0.124 e. The molecule has 1 aliphatic heterocycles. The summed E-state index contributed by atoms with van der Waals surface area (Å²) in [5.74, 6) is 1.74. The summed E-state index contributed by atoms with van der Waals surface area (Å²) in [6.45, 7) is 7.55. The van der Waals surface area contributed by atoms with Gasteiger partial charge in [-0.2, -0.15) is 0 Å². The molecule has 0 fully saturated rings. The van der Waals surface area contributed by atoms with Gasteiger partial charge in [0.05, 0.1) is 6.04 Å². The van der Waals surface area contributed by atoms with Crippen molar-refractivity contribution in [2.45, 2.75) is 39.3 Å². The van der Waals surface area contributed by atoms with Gasteiger partial charge in [-0.3, -0.25) is 0 Å². The maximum Gasteiger partial charge on any atom is 0.124 e. The molecule has 0 aromatic heterocycles. The van der Waals surface area contributed by atoms with Crippen LogP contribution in [0.25, 0.3) is 0 Å². The second kappa shape index (κ2) is 4.88. The minimum atomic E-state index is 0.361. The molecule has 0 aliphatic carbocycles. The van der Waals surface area contributed by atoms with Crippen molar-refractivity contribution in [2.75, 3.05) is 6.61 Å². The van der Waals surface area contributed by atoms with Crippen LogP contribution in [0, 0.1) is 5.92 Å². The fraction of sp³-hybridized carbons (Fsp3) is 0.571. The molecule has 1 aliphatic rings. The van der Waals surface area contributed by atoms with E-state index in [1.807, 2.05) is 12.1 Å². The van der Waals surface area contributed by atoms with Crippen molar-refractivity contribution in [3.05, 3.63) is 29.8 Å². The first-order chi connectivity index (χ1) is 7.72. The number of fused-ring (bicyclic) bond motifs is 1. The van der Waals surface area contributed by atoms with Gasteiger partial charge in [-0.1, -0.05) is 38.5 Å². The molecular weight excluding hydrogens is 198 g/mol. The Hall–Kier alpha value is -1.02. The minimum absolute atomic E-state index is 0.361. The first-order valence-electron chi connectivity index (χ1n) is 6.20. The highest BCUT2D eigenvalue weighted by Gasteiger charge is 2.25. The van der Waals surface area contributed by atoms with Crippen LogP contribution >= 0.6 is 0 Å². The lowest BCUT2D eigenvalue weighted by Gasteiger charge is -2.23. The van der Waals surface area contributed by atoms with Crippen LogP contribution < -0.4 is 10.1 Å². The third kappa shape index (κ3) is 2.22. The third-order valence-electron chi connectivity index (χ3n) is 3.66. The molecule has 2 heteroatoms. The van der Waals surface area contributed by atoms with Crippen molar-refractivity contribution in [3.63, 3.8) is 0 Å². The summed E-state index contributed by atoms with van der Waals surface area (Å²) in [5.41, 5.74) is 1.30. The lowest BCUT2D eigenvalue weighted by Crippen LogP contribution is -2.35. The number of nitrogens with one attached hydrogen (secondary N) is 1. The molecule has 3 atom stereocenters. The van der Waals surface area contributed by atoms with E-state index in [0.29, 0.717) is 18.0 Å². The van der Waals surface area contributed by atoms with Gasteiger partial charge in [-0.05, 0) is 18.9 Å². The monoisotopic (exact) mass is 219 g/mol. The molecule has 0 bridgehead atoms. The Bertz CT molecular complexity index is 350. The zero-order chi connectivity index (χ0) is 11.5. The van der Waals surface area contributed by atoms with Crippen LogP contribution in [0.15, 0.2) is 24.3 Å². The molecule has 16 heavy (non-hydrogen) atoms. The van der Waals surface area contributed by atoms with Crippen LogP contribution in [0.5, 0.6) is 5.75 Å². The lowest BCUT2D eigenvalue weighted by molar-refractivity contribution is 0.278. The number of ether oxygens (including phenoxy) is 1. The van der Waals surface area contributed by atoms with E-state index < -0.39 is 0 Å². The number of hydrogen-bond acceptors (Lipinski definition) is 2. The molecule has 1 aromatic carbocycles. The number of benzene rings is 1. The zero-order valence-electron chi connectivity index (χ0n) is 10.4. The first kappa shape index (κ1) is 11.5. The van der Waals surface area contributed by atoms with Crippen LogP contribution in [0.3, 0.4) is 0 Å². The summed E-state index contributed by atoms with van der Waals surface area (Å²) < 4.78 is 5.66. The van der Waals surface area contributed by atoms with Gasteiger partial charge in [0, 0.05) is 11.6 Å². The lowest BCUT2D eigenvalue weighted by atomic mass is 9.99. The fourth-order valence-corrected chi connectivity index (χ4v) is 2.14. The minimum Gasteiger partial charge on any atom is -0.491 e. The van der Waals surface area contributed by atoms with E-state index in [-0.39, 0.29) is 0 Å². The standard InChI is InChI=1S/C14H21NO/c1-4-10(2)11(3)15-13-9-16-14-8-6-5-7-12(13)14/h5-8,10-11,13,15H,4,9H2,1-3H3. The van der Waals surface area contributed by atoms with Gasteiger partial charge in [0.2, 0.25) is 0 Å². The van der Waals surface area contributed by atoms with E-state index >= 15 is 0 Å². The maximum absolute atomic E-state index is 5.66. The summed E-state index contributed by atoms with van der Waals surface area (Å²) in [6.07, 6.45) is 1.21. The Kier molecular flexibility index (Phi) is 3.49. The molecular formula is C14H21NO. The van der Waals surface area contributed by atoms with Crippen LogP contribution in [0.4, 0.5) is 0 Å². The highest BCUT2D eigenvalue weighted by Crippen LogP contribution is 2.32. The summed E-state index contributed by atoms with van der Waals surface area (Å²) in [7, 11) is 0. The van der Waals surface area contributed by atoms with Gasteiger partial charge < -0.3 is 10.1 Å². The number of para-hydroxylation sites is 1. The van der Waals surface area contributed by atoms with Crippen molar-refractivity contribution < 1.29 is 4.74 Å². The Morgan fingerprint density at radius 3 is 2.88 bits per heavy atom. The van der Waals surface area contributed by atoms with E-state index in [2.05, 4.69) is 38.2 Å². The molecule has 0 saturated carbocycles. The topological polar surface area (TPSA) is 21.3 Å². The Balaban J connectivity index is 2.03. The van der Waals surface area contributed by atoms with E-state index in [9.17, 15) is 0 Å². The van der Waals surface area contributed by atoms with Gasteiger partial charge in [0.25, 0.3) is 0 Å². The van der Waals surface area contributed by atoms with E-state index in [4.69, 9.17) is 4.74 Å². The molecule has 0 saturated heterocycles. The Labute approximate surface area is 98.0 Å². The van der Waals surface area contributed by atoms with Crippen molar-refractivity contribution in [3.8, 4) is 5.75 Å². The summed E-state index contributed by atoms with van der Waals surface area (Å²) in [6, 6.07) is 9.20. The molecule has 0 amide bonds. The predicted octanol–water partition coefficient (Wildman–Crippen LogP) is 3.14. The second-order valence-corrected chi connectivity index (χ2v) is 4.74. The number of rotatable bonds is 4. The Morgan fingerprint density at radius 2 is 2.12 bits per heavy atom. The fourth-order valence-electron chi connectivity index (χ4n) is 2.14. The second-order valence-electron chi connectivity index (χ2n) is 4.74. The highest BCUT2D eigenvalue weighted by molar-refractivity contribution is 5.39. The van der Waals surface area contributed by atoms with Gasteiger partial charge in [0.1, 0.15) is 12.4 Å². The van der Waals surface area contributed by atoms with Crippen LogP contribution in [0.1, 0.15) is 38.8 Å². The van der Waals surface area contributed by atoms with E-state index in [1.165, 1.54) is 12.0 Å².